The molecule has 0 rings (SSSR count). The molecule has 0 aliphatic rings. The molecule has 0 radical (unpaired) electrons. The Bertz CT molecular complexity index is 529. The van der Waals surface area contributed by atoms with E-state index in [4.69, 9.17) is 11.5 Å². The summed E-state index contributed by atoms with van der Waals surface area (Å²) in [4.78, 5) is 22.1. The van der Waals surface area contributed by atoms with Crippen LogP contribution in [0.1, 0.15) is 219 Å². The molecule has 0 heterocycles. The van der Waals surface area contributed by atoms with Gasteiger partial charge >= 0.3 is 0 Å². The lowest BCUT2D eigenvalue weighted by atomic mass is 9.84. The van der Waals surface area contributed by atoms with Crippen LogP contribution in [0.15, 0.2) is 0 Å². The van der Waals surface area contributed by atoms with Gasteiger partial charge in [0.15, 0.2) is 0 Å². The van der Waals surface area contributed by atoms with E-state index in [0.29, 0.717) is 12.8 Å². The summed E-state index contributed by atoms with van der Waals surface area (Å²) in [6.07, 6.45) is 41.2. The Labute approximate surface area is 263 Å². The van der Waals surface area contributed by atoms with Crippen molar-refractivity contribution in [2.75, 3.05) is 0 Å². The number of rotatable bonds is 35. The third-order valence-corrected chi connectivity index (χ3v) is 9.49. The lowest BCUT2D eigenvalue weighted by molar-refractivity contribution is -0.119. The zero-order valence-electron chi connectivity index (χ0n) is 28.8. The molecule has 0 aliphatic carbocycles. The Morgan fingerprint density at radius 1 is 0.357 bits per heavy atom. The van der Waals surface area contributed by atoms with Crippen LogP contribution in [0.5, 0.6) is 0 Å². The van der Waals surface area contributed by atoms with Gasteiger partial charge in [-0.2, -0.15) is 0 Å². The van der Waals surface area contributed by atoms with Gasteiger partial charge in [-0.15, -0.1) is 0 Å². The number of amides is 2. The minimum Gasteiger partial charge on any atom is -0.370 e. The van der Waals surface area contributed by atoms with E-state index in [1.165, 1.54) is 167 Å². The minimum atomic E-state index is -0.155. The van der Waals surface area contributed by atoms with E-state index in [-0.39, 0.29) is 11.8 Å². The fraction of sp³-hybridized carbons (Fsp3) is 0.947. The summed E-state index contributed by atoms with van der Waals surface area (Å²) in [6.45, 7) is 4.59. The summed E-state index contributed by atoms with van der Waals surface area (Å²) in [6, 6.07) is 0. The van der Waals surface area contributed by atoms with Gasteiger partial charge in [0.25, 0.3) is 0 Å². The van der Waals surface area contributed by atoms with E-state index in [0.717, 1.165) is 37.5 Å². The number of hydrogen-bond donors (Lipinski definition) is 2. The first-order chi connectivity index (χ1) is 20.5. The number of carbonyl (C=O) groups excluding carboxylic acids is 2. The van der Waals surface area contributed by atoms with Crippen molar-refractivity contribution in [3.63, 3.8) is 0 Å². The number of carbonyl (C=O) groups is 2. The Kier molecular flexibility index (Phi) is 32.0. The van der Waals surface area contributed by atoms with E-state index >= 15 is 0 Å². The molecule has 0 saturated carbocycles. The summed E-state index contributed by atoms with van der Waals surface area (Å²) >= 11 is 0. The van der Waals surface area contributed by atoms with E-state index in [2.05, 4.69) is 13.8 Å². The maximum atomic E-state index is 11.1. The van der Waals surface area contributed by atoms with Crippen LogP contribution < -0.4 is 11.5 Å². The number of hydrogen-bond acceptors (Lipinski definition) is 2. The fourth-order valence-corrected chi connectivity index (χ4v) is 6.64. The van der Waals surface area contributed by atoms with Crippen molar-refractivity contribution in [2.24, 2.45) is 23.3 Å². The van der Waals surface area contributed by atoms with Crippen molar-refractivity contribution in [1.82, 2.24) is 0 Å². The standard InChI is InChI=1S/C38H76N2O2/c1-3-5-7-9-11-13-15-21-27-35(29-23-17-19-25-31-37(39)41)33-34-36(30-24-18-20-26-32-38(40)42)28-22-16-14-12-10-8-6-4-2/h35-36H,3-34H2,1-2H3,(H2,39,41)(H2,40,42). The van der Waals surface area contributed by atoms with Gasteiger partial charge in [-0.3, -0.25) is 9.59 Å². The molecule has 0 aromatic rings. The lowest BCUT2D eigenvalue weighted by Gasteiger charge is -2.22. The molecule has 0 fully saturated rings. The largest absolute Gasteiger partial charge is 0.370 e. The summed E-state index contributed by atoms with van der Waals surface area (Å²) in [5, 5.41) is 0. The molecule has 2 unspecified atom stereocenters. The minimum absolute atomic E-state index is 0.155. The van der Waals surface area contributed by atoms with Crippen LogP contribution in [-0.2, 0) is 9.59 Å². The quantitative estimate of drug-likeness (QED) is 0.0717. The van der Waals surface area contributed by atoms with Gasteiger partial charge in [-0.25, -0.2) is 0 Å². The molecule has 2 amide bonds. The van der Waals surface area contributed by atoms with Crippen molar-refractivity contribution in [2.45, 2.75) is 219 Å². The second-order valence-corrected chi connectivity index (χ2v) is 13.7. The third-order valence-electron chi connectivity index (χ3n) is 9.49. The second kappa shape index (κ2) is 32.8. The predicted molar refractivity (Wildman–Crippen MR) is 184 cm³/mol. The molecule has 0 bridgehead atoms. The fourth-order valence-electron chi connectivity index (χ4n) is 6.64. The Morgan fingerprint density at radius 2 is 0.595 bits per heavy atom. The first-order valence-corrected chi connectivity index (χ1v) is 19.1. The molecular formula is C38H76N2O2. The second-order valence-electron chi connectivity index (χ2n) is 13.7. The van der Waals surface area contributed by atoms with Gasteiger partial charge in [-0.05, 0) is 24.7 Å². The van der Waals surface area contributed by atoms with Crippen molar-refractivity contribution in [1.29, 1.82) is 0 Å². The molecule has 4 heteroatoms. The van der Waals surface area contributed by atoms with Crippen LogP contribution in [0.3, 0.4) is 0 Å². The molecule has 4 nitrogen and oxygen atoms in total. The van der Waals surface area contributed by atoms with Crippen LogP contribution in [0.4, 0.5) is 0 Å². The Hall–Kier alpha value is -1.06. The first-order valence-electron chi connectivity index (χ1n) is 19.1. The smallest absolute Gasteiger partial charge is 0.217 e. The molecule has 0 aromatic carbocycles. The van der Waals surface area contributed by atoms with Crippen molar-refractivity contribution in [3.05, 3.63) is 0 Å². The van der Waals surface area contributed by atoms with Gasteiger partial charge in [0.05, 0.1) is 0 Å². The van der Waals surface area contributed by atoms with Crippen molar-refractivity contribution in [3.8, 4) is 0 Å². The van der Waals surface area contributed by atoms with Crippen LogP contribution in [0, 0.1) is 11.8 Å². The average molecular weight is 593 g/mol. The Morgan fingerprint density at radius 3 is 0.857 bits per heavy atom. The van der Waals surface area contributed by atoms with E-state index in [1.54, 1.807) is 0 Å². The highest BCUT2D eigenvalue weighted by Gasteiger charge is 2.14. The first kappa shape index (κ1) is 40.9. The van der Waals surface area contributed by atoms with E-state index < -0.39 is 0 Å². The van der Waals surface area contributed by atoms with Crippen molar-refractivity contribution >= 4 is 11.8 Å². The van der Waals surface area contributed by atoms with Gasteiger partial charge in [0.1, 0.15) is 0 Å². The molecule has 0 aromatic heterocycles. The zero-order chi connectivity index (χ0) is 30.9. The van der Waals surface area contributed by atoms with Gasteiger partial charge in [0, 0.05) is 12.8 Å². The molecule has 250 valence electrons. The highest BCUT2D eigenvalue weighted by atomic mass is 16.1. The van der Waals surface area contributed by atoms with Gasteiger partial charge < -0.3 is 11.5 Å². The number of unbranched alkanes of at least 4 members (excludes halogenated alkanes) is 20. The predicted octanol–water partition coefficient (Wildman–Crippen LogP) is 11.7. The average Bonchev–Trinajstić information content (AvgIpc) is 2.96. The van der Waals surface area contributed by atoms with Crippen LogP contribution in [0.25, 0.3) is 0 Å². The molecule has 42 heavy (non-hydrogen) atoms. The molecule has 0 aliphatic heterocycles. The molecule has 2 atom stereocenters. The highest BCUT2D eigenvalue weighted by molar-refractivity contribution is 5.73. The lowest BCUT2D eigenvalue weighted by Crippen LogP contribution is -2.10. The topological polar surface area (TPSA) is 86.2 Å². The van der Waals surface area contributed by atoms with E-state index in [1.807, 2.05) is 0 Å². The van der Waals surface area contributed by atoms with Crippen LogP contribution >= 0.6 is 0 Å². The zero-order valence-corrected chi connectivity index (χ0v) is 28.8. The SMILES string of the molecule is CCCCCCCCCCC(CCCCCCC(N)=O)CCC(CCCCCCCCCC)CCCCCCC(N)=O. The molecule has 0 saturated heterocycles. The summed E-state index contributed by atoms with van der Waals surface area (Å²) < 4.78 is 0. The van der Waals surface area contributed by atoms with Crippen molar-refractivity contribution < 1.29 is 9.59 Å². The molecular weight excluding hydrogens is 516 g/mol. The summed E-state index contributed by atoms with van der Waals surface area (Å²) in [5.41, 5.74) is 10.7. The maximum Gasteiger partial charge on any atom is 0.217 e. The third kappa shape index (κ3) is 31.9. The van der Waals surface area contributed by atoms with E-state index in [9.17, 15) is 9.59 Å². The normalized spacial score (nSPS) is 12.9. The summed E-state index contributed by atoms with van der Waals surface area (Å²) in [5.74, 6) is 1.44. The Balaban J connectivity index is 4.64. The van der Waals surface area contributed by atoms with Gasteiger partial charge in [-0.1, -0.05) is 194 Å². The van der Waals surface area contributed by atoms with Gasteiger partial charge in [0.2, 0.25) is 11.8 Å². The molecule has 4 N–H and O–H groups in total. The summed E-state index contributed by atoms with van der Waals surface area (Å²) in [7, 11) is 0. The maximum absolute atomic E-state index is 11.1. The molecule has 0 spiro atoms. The number of primary amides is 2. The number of nitrogens with two attached hydrogens (primary N) is 2. The monoisotopic (exact) mass is 593 g/mol. The van der Waals surface area contributed by atoms with Crippen LogP contribution in [-0.4, -0.2) is 11.8 Å². The highest BCUT2D eigenvalue weighted by Crippen LogP contribution is 2.29. The van der Waals surface area contributed by atoms with Crippen LogP contribution in [0.2, 0.25) is 0 Å².